The molecule has 0 saturated heterocycles. The lowest BCUT2D eigenvalue weighted by atomic mass is 9.93. The molecule has 1 aliphatic carbocycles. The van der Waals surface area contributed by atoms with E-state index in [0.717, 1.165) is 34.4 Å². The number of benzene rings is 3. The molecule has 210 valence electrons. The van der Waals surface area contributed by atoms with Gasteiger partial charge in [-0.2, -0.15) is 5.10 Å². The Kier molecular flexibility index (Phi) is 7.28. The molecule has 2 unspecified atom stereocenters. The molecule has 1 fully saturated rings. The van der Waals surface area contributed by atoms with E-state index >= 15 is 0 Å². The van der Waals surface area contributed by atoms with Crippen LogP contribution < -0.4 is 14.4 Å². The lowest BCUT2D eigenvalue weighted by Gasteiger charge is -2.29. The SMILES string of the molecule is COc1cc(OCCOC(=O)N2CC3CC3c3c(-c4cnn(Cc5cccc(C(=O)O)c5)c4)cccc32)ccc1Cl. The number of carboxylic acids is 1. The number of methoxy groups -OCH3 is 1. The number of fused-ring (bicyclic) bond motifs is 3. The van der Waals surface area contributed by atoms with Gasteiger partial charge < -0.3 is 19.3 Å². The van der Waals surface area contributed by atoms with E-state index in [0.29, 0.717) is 41.4 Å². The number of nitrogens with zero attached hydrogens (tertiary/aromatic N) is 3. The van der Waals surface area contributed by atoms with Crippen LogP contribution in [-0.4, -0.2) is 53.8 Å². The van der Waals surface area contributed by atoms with Gasteiger partial charge in [0.15, 0.2) is 0 Å². The van der Waals surface area contributed by atoms with Crippen molar-refractivity contribution >= 4 is 29.4 Å². The summed E-state index contributed by atoms with van der Waals surface area (Å²) in [7, 11) is 1.54. The zero-order chi connectivity index (χ0) is 28.5. The van der Waals surface area contributed by atoms with Gasteiger partial charge in [-0.15, -0.1) is 0 Å². The van der Waals surface area contributed by atoms with Gasteiger partial charge >= 0.3 is 12.1 Å². The number of hydrogen-bond donors (Lipinski definition) is 1. The Morgan fingerprint density at radius 3 is 2.78 bits per heavy atom. The van der Waals surface area contributed by atoms with Gasteiger partial charge in [-0.1, -0.05) is 35.9 Å². The first-order chi connectivity index (χ1) is 19.9. The topological polar surface area (TPSA) is 103 Å². The molecule has 3 aromatic carbocycles. The van der Waals surface area contributed by atoms with Crippen LogP contribution in [0.4, 0.5) is 10.5 Å². The molecule has 1 aliphatic heterocycles. The molecule has 9 nitrogen and oxygen atoms in total. The summed E-state index contributed by atoms with van der Waals surface area (Å²) in [6.45, 7) is 1.36. The zero-order valence-electron chi connectivity index (χ0n) is 22.3. The number of aromatic carboxylic acids is 1. The lowest BCUT2D eigenvalue weighted by Crippen LogP contribution is -2.37. The minimum absolute atomic E-state index is 0.0965. The van der Waals surface area contributed by atoms with Gasteiger partial charge in [0.1, 0.15) is 24.7 Å². The molecule has 1 aromatic heterocycles. The number of anilines is 1. The molecule has 2 aliphatic rings. The van der Waals surface area contributed by atoms with Crippen LogP contribution in [0.5, 0.6) is 11.5 Å². The van der Waals surface area contributed by atoms with Crippen LogP contribution in [0.2, 0.25) is 5.02 Å². The fourth-order valence-corrected chi connectivity index (χ4v) is 5.61. The van der Waals surface area contributed by atoms with Crippen molar-refractivity contribution in [3.05, 3.63) is 94.8 Å². The van der Waals surface area contributed by atoms with Crippen molar-refractivity contribution in [3.8, 4) is 22.6 Å². The van der Waals surface area contributed by atoms with E-state index in [4.69, 9.17) is 25.8 Å². The van der Waals surface area contributed by atoms with Crippen LogP contribution in [0, 0.1) is 5.92 Å². The summed E-state index contributed by atoms with van der Waals surface area (Å²) in [5.74, 6) is 0.914. The summed E-state index contributed by atoms with van der Waals surface area (Å²) < 4.78 is 18.3. The maximum absolute atomic E-state index is 13.2. The standard InChI is InChI=1S/C31H28ClN3O6/c1-39-28-14-23(8-9-26(28)32)40-10-11-41-31(38)35-18-21-13-25(21)29-24(6-3-7-27(29)35)22-15-33-34(17-22)16-19-4-2-5-20(12-19)30(36)37/h2-9,12,14-15,17,21,25H,10-11,13,16,18H2,1H3,(H,36,37). The highest BCUT2D eigenvalue weighted by atomic mass is 35.5. The quantitative estimate of drug-likeness (QED) is 0.241. The summed E-state index contributed by atoms with van der Waals surface area (Å²) in [5.41, 5.74) is 5.08. The number of carbonyl (C=O) groups is 2. The molecule has 1 amide bonds. The Bertz CT molecular complexity index is 1620. The maximum Gasteiger partial charge on any atom is 0.414 e. The summed E-state index contributed by atoms with van der Waals surface area (Å²) in [6, 6.07) is 17.9. The molecule has 1 saturated carbocycles. The number of rotatable bonds is 9. The third-order valence-electron chi connectivity index (χ3n) is 7.47. The Morgan fingerprint density at radius 1 is 1.10 bits per heavy atom. The average molecular weight is 574 g/mol. The van der Waals surface area contributed by atoms with Crippen molar-refractivity contribution in [2.24, 2.45) is 5.92 Å². The Balaban J connectivity index is 1.14. The number of hydrogen-bond acceptors (Lipinski definition) is 6. The van der Waals surface area contributed by atoms with Crippen molar-refractivity contribution in [1.82, 2.24) is 9.78 Å². The van der Waals surface area contributed by atoms with E-state index in [1.165, 1.54) is 7.11 Å². The van der Waals surface area contributed by atoms with Crippen molar-refractivity contribution in [1.29, 1.82) is 0 Å². The van der Waals surface area contributed by atoms with E-state index in [1.54, 1.807) is 46.0 Å². The number of amides is 1. The fraction of sp³-hybridized carbons (Fsp3) is 0.258. The van der Waals surface area contributed by atoms with Crippen molar-refractivity contribution in [2.75, 3.05) is 31.8 Å². The molecule has 0 spiro atoms. The lowest BCUT2D eigenvalue weighted by molar-refractivity contribution is 0.0696. The molecule has 0 bridgehead atoms. The van der Waals surface area contributed by atoms with Crippen LogP contribution in [0.3, 0.4) is 0 Å². The number of halogens is 1. The molecule has 6 rings (SSSR count). The third-order valence-corrected chi connectivity index (χ3v) is 7.78. The maximum atomic E-state index is 13.2. The van der Waals surface area contributed by atoms with Gasteiger partial charge in [-0.25, -0.2) is 9.59 Å². The average Bonchev–Trinajstić information content (AvgIpc) is 3.63. The smallest absolute Gasteiger partial charge is 0.414 e. The first-order valence-electron chi connectivity index (χ1n) is 13.3. The second kappa shape index (κ2) is 11.2. The van der Waals surface area contributed by atoms with Crippen molar-refractivity contribution < 1.29 is 28.9 Å². The number of ether oxygens (including phenoxy) is 3. The largest absolute Gasteiger partial charge is 0.495 e. The molecule has 2 heterocycles. The van der Waals surface area contributed by atoms with E-state index < -0.39 is 12.1 Å². The zero-order valence-corrected chi connectivity index (χ0v) is 23.1. The molecule has 0 radical (unpaired) electrons. The number of aromatic nitrogens is 2. The Morgan fingerprint density at radius 2 is 1.95 bits per heavy atom. The van der Waals surface area contributed by atoms with E-state index in [-0.39, 0.29) is 18.8 Å². The molecule has 41 heavy (non-hydrogen) atoms. The van der Waals surface area contributed by atoms with Crippen LogP contribution in [0.1, 0.15) is 33.8 Å². The monoisotopic (exact) mass is 573 g/mol. The highest BCUT2D eigenvalue weighted by Gasteiger charge is 2.48. The van der Waals surface area contributed by atoms with Crippen LogP contribution in [-0.2, 0) is 11.3 Å². The van der Waals surface area contributed by atoms with E-state index in [1.807, 2.05) is 30.6 Å². The van der Waals surface area contributed by atoms with Gasteiger partial charge in [0, 0.05) is 24.4 Å². The predicted molar refractivity (Wildman–Crippen MR) is 153 cm³/mol. The normalized spacial score (nSPS) is 16.9. The Labute approximate surface area is 241 Å². The van der Waals surface area contributed by atoms with Gasteiger partial charge in [0.05, 0.1) is 36.1 Å². The van der Waals surface area contributed by atoms with Crippen molar-refractivity contribution in [3.63, 3.8) is 0 Å². The number of carboxylic acid groups (broad SMARTS) is 1. The molecule has 10 heteroatoms. The fourth-order valence-electron chi connectivity index (χ4n) is 5.41. The van der Waals surface area contributed by atoms with Gasteiger partial charge in [0.2, 0.25) is 0 Å². The minimum Gasteiger partial charge on any atom is -0.495 e. The summed E-state index contributed by atoms with van der Waals surface area (Å²) in [4.78, 5) is 26.2. The van der Waals surface area contributed by atoms with E-state index in [2.05, 4.69) is 11.2 Å². The number of carbonyl (C=O) groups excluding carboxylic acids is 1. The van der Waals surface area contributed by atoms with Crippen LogP contribution in [0.15, 0.2) is 73.1 Å². The molecular formula is C31H28ClN3O6. The molecule has 4 aromatic rings. The van der Waals surface area contributed by atoms with Crippen LogP contribution in [0.25, 0.3) is 11.1 Å². The van der Waals surface area contributed by atoms with E-state index in [9.17, 15) is 14.7 Å². The van der Waals surface area contributed by atoms with Crippen LogP contribution >= 0.6 is 11.6 Å². The predicted octanol–water partition coefficient (Wildman–Crippen LogP) is 6.10. The summed E-state index contributed by atoms with van der Waals surface area (Å²) >= 11 is 6.06. The highest BCUT2D eigenvalue weighted by Crippen LogP contribution is 2.57. The van der Waals surface area contributed by atoms with Gasteiger partial charge in [-0.05, 0) is 65.3 Å². The molecule has 1 N–H and O–H groups in total. The first kappa shape index (κ1) is 26.7. The molecule has 2 atom stereocenters. The van der Waals surface area contributed by atoms with Gasteiger partial charge in [-0.3, -0.25) is 9.58 Å². The molecular weight excluding hydrogens is 546 g/mol. The highest BCUT2D eigenvalue weighted by molar-refractivity contribution is 6.32. The first-order valence-corrected chi connectivity index (χ1v) is 13.7. The third kappa shape index (κ3) is 5.58. The van der Waals surface area contributed by atoms with Gasteiger partial charge in [0.25, 0.3) is 0 Å². The Hall–Kier alpha value is -4.50. The second-order valence-corrected chi connectivity index (χ2v) is 10.5. The van der Waals surface area contributed by atoms with Crippen molar-refractivity contribution in [2.45, 2.75) is 18.9 Å². The second-order valence-electron chi connectivity index (χ2n) is 10.1. The summed E-state index contributed by atoms with van der Waals surface area (Å²) in [5, 5.41) is 14.3. The minimum atomic E-state index is -0.958. The summed E-state index contributed by atoms with van der Waals surface area (Å²) in [6.07, 6.45) is 4.39.